The number of hydrogen-bond acceptors (Lipinski definition) is 0. The predicted octanol–water partition coefficient (Wildman–Crippen LogP) is 12.5. The Bertz CT molecular complexity index is 408. The Morgan fingerprint density at radius 3 is 0.541 bits per heavy atom. The summed E-state index contributed by atoms with van der Waals surface area (Å²) in [5.74, 6) is 2.02. The van der Waals surface area contributed by atoms with Crippen molar-refractivity contribution >= 4 is 68.5 Å². The van der Waals surface area contributed by atoms with E-state index in [9.17, 15) is 0 Å². The maximum absolute atomic E-state index is 5.12. The van der Waals surface area contributed by atoms with E-state index in [0.29, 0.717) is 30.2 Å². The van der Waals surface area contributed by atoms with E-state index in [1.807, 2.05) is 5.76 Å². The van der Waals surface area contributed by atoms with Gasteiger partial charge in [0, 0.05) is 8.80 Å². The van der Waals surface area contributed by atoms with E-state index in [1.54, 1.807) is 0 Å². The predicted molar refractivity (Wildman–Crippen MR) is 192 cm³/mol. The van der Waals surface area contributed by atoms with Crippen LogP contribution in [0.4, 0.5) is 0 Å². The number of halogens is 1. The fourth-order valence-electron chi connectivity index (χ4n) is 7.50. The molecule has 0 nitrogen and oxygen atoms in total. The molecule has 0 heterocycles. The second-order valence-electron chi connectivity index (χ2n) is 16.2. The summed E-state index contributed by atoms with van der Waals surface area (Å²) < 4.78 is 0. The zero-order chi connectivity index (χ0) is 30.6. The average Bonchev–Trinajstić information content (AvgIpc) is 2.49. The van der Waals surface area contributed by atoms with Gasteiger partial charge in [0.2, 0.25) is 0 Å². The van der Waals surface area contributed by atoms with Crippen molar-refractivity contribution in [3.8, 4) is 0 Å². The molecule has 0 aliphatic carbocycles. The standard InChI is InChI=1S/2C12H27Si.C6H15Si.CH3ClGe.GeH/c2*1-10(2,3)13(11(4,5)6)12(7,8)9;1-4-7(5-2)6-3;1-3-2;/h2*1-9H3;4-6H2,1-3H3;1H3;1H. The Kier molecular flexibility index (Phi) is 26.4. The van der Waals surface area contributed by atoms with Gasteiger partial charge in [-0.3, -0.25) is 0 Å². The van der Waals surface area contributed by atoms with Crippen molar-refractivity contribution in [3.63, 3.8) is 0 Å². The Labute approximate surface area is 266 Å². The fourth-order valence-corrected chi connectivity index (χ4v) is 22.5. The van der Waals surface area contributed by atoms with Crippen LogP contribution in [0.25, 0.3) is 0 Å². The molecule has 0 saturated carbocycles. The molecule has 0 aliphatic rings. The fraction of sp³-hybridized carbons (Fsp3) is 1.00. The molecular formula is C31H73ClGe2Si3. The zero-order valence-electron chi connectivity index (χ0n) is 30.1. The molecule has 0 fully saturated rings. The summed E-state index contributed by atoms with van der Waals surface area (Å²) in [7, 11) is 4.48. The summed E-state index contributed by atoms with van der Waals surface area (Å²) in [4.78, 5) is 0. The van der Waals surface area contributed by atoms with Crippen molar-refractivity contribution in [1.29, 1.82) is 0 Å². The second kappa shape index (κ2) is 20.0. The summed E-state index contributed by atoms with van der Waals surface area (Å²) in [6.07, 6.45) is 0. The molecule has 0 aromatic carbocycles. The molecule has 0 aromatic rings. The van der Waals surface area contributed by atoms with Gasteiger partial charge in [-0.05, 0) is 30.2 Å². The SMILES string of the molecule is CC(C)(C)[Si](C(C)(C)C)C(C)(C)C.CC(C)(C)[Si](C(C)(C)C)C(C)(C)C.CC[Si](CC)CC.[CH3][Ge][Cl].[GeH]. The van der Waals surface area contributed by atoms with Crippen LogP contribution in [-0.2, 0) is 0 Å². The summed E-state index contributed by atoms with van der Waals surface area (Å²) in [5.41, 5.74) is 0. The molecule has 37 heavy (non-hydrogen) atoms. The van der Waals surface area contributed by atoms with Crippen LogP contribution in [0.3, 0.4) is 0 Å². The molecule has 0 atom stereocenters. The van der Waals surface area contributed by atoms with Crippen LogP contribution in [0.1, 0.15) is 145 Å². The van der Waals surface area contributed by atoms with E-state index in [4.69, 9.17) is 10.0 Å². The molecule has 0 aromatic heterocycles. The van der Waals surface area contributed by atoms with Crippen LogP contribution in [0, 0.1) is 0 Å². The maximum atomic E-state index is 5.12. The minimum absolute atomic E-state index is 0. The van der Waals surface area contributed by atoms with E-state index >= 15 is 0 Å². The molecule has 224 valence electrons. The van der Waals surface area contributed by atoms with E-state index in [-0.39, 0.29) is 40.9 Å². The average molecular weight is 711 g/mol. The molecule has 8 radical (unpaired) electrons. The molecule has 0 saturated heterocycles. The first-order chi connectivity index (χ1) is 15.5. The molecule has 0 unspecified atom stereocenters. The molecule has 0 amide bonds. The topological polar surface area (TPSA) is 0 Å². The van der Waals surface area contributed by atoms with Gasteiger partial charge in [0.15, 0.2) is 0 Å². The molecule has 0 spiro atoms. The van der Waals surface area contributed by atoms with Gasteiger partial charge in [-0.15, -0.1) is 0 Å². The molecule has 0 aliphatic heterocycles. The Hall–Kier alpha value is 2.03. The van der Waals surface area contributed by atoms with Crippen LogP contribution < -0.4 is 0 Å². The quantitative estimate of drug-likeness (QED) is 0.256. The normalized spacial score (nSPS) is 13.1. The Morgan fingerprint density at radius 2 is 0.541 bits per heavy atom. The number of hydrogen-bond donors (Lipinski definition) is 0. The monoisotopic (exact) mass is 712 g/mol. The van der Waals surface area contributed by atoms with E-state index in [1.165, 1.54) is 18.1 Å². The minimum atomic E-state index is -0.391. The van der Waals surface area contributed by atoms with Gasteiger partial charge >= 0.3 is 47.9 Å². The van der Waals surface area contributed by atoms with Crippen molar-refractivity contribution in [3.05, 3.63) is 0 Å². The van der Waals surface area contributed by atoms with E-state index in [0.717, 1.165) is 0 Å². The van der Waals surface area contributed by atoms with E-state index in [2.05, 4.69) is 145 Å². The molecule has 6 heteroatoms. The number of rotatable bonds is 3. The molecular weight excluding hydrogens is 637 g/mol. The van der Waals surface area contributed by atoms with Crippen LogP contribution in [-0.4, -0.2) is 58.5 Å². The van der Waals surface area contributed by atoms with Crippen molar-refractivity contribution in [2.45, 2.75) is 200 Å². The zero-order valence-corrected chi connectivity index (χ0v) is 38.4. The molecule has 0 rings (SSSR count). The van der Waals surface area contributed by atoms with Crippen molar-refractivity contribution in [2.24, 2.45) is 0 Å². The van der Waals surface area contributed by atoms with Gasteiger partial charge in [0.25, 0.3) is 0 Å². The summed E-state index contributed by atoms with van der Waals surface area (Å²) >= 11 is -0.0278. The van der Waals surface area contributed by atoms with Crippen LogP contribution in [0.5, 0.6) is 0 Å². The van der Waals surface area contributed by atoms with Gasteiger partial charge in [0.1, 0.15) is 0 Å². The summed E-state index contributed by atoms with van der Waals surface area (Å²) in [6, 6.07) is 4.37. The first kappa shape index (κ1) is 48.7. The van der Waals surface area contributed by atoms with Crippen molar-refractivity contribution in [1.82, 2.24) is 0 Å². The van der Waals surface area contributed by atoms with Gasteiger partial charge in [-0.2, -0.15) is 0 Å². The Morgan fingerprint density at radius 1 is 0.432 bits per heavy atom. The van der Waals surface area contributed by atoms with Crippen LogP contribution in [0.2, 0.25) is 54.1 Å². The van der Waals surface area contributed by atoms with Crippen molar-refractivity contribution < 1.29 is 0 Å². The first-order valence-electron chi connectivity index (χ1n) is 14.4. The summed E-state index contributed by atoms with van der Waals surface area (Å²) in [5, 5.41) is 2.92. The van der Waals surface area contributed by atoms with Crippen LogP contribution >= 0.6 is 10.0 Å². The third-order valence-corrected chi connectivity index (χ3v) is 18.0. The Balaban J connectivity index is -0.000000134. The van der Waals surface area contributed by atoms with Crippen LogP contribution in [0.15, 0.2) is 0 Å². The van der Waals surface area contributed by atoms with Gasteiger partial charge in [0.05, 0.1) is 17.6 Å². The van der Waals surface area contributed by atoms with E-state index < -0.39 is 17.6 Å². The van der Waals surface area contributed by atoms with Gasteiger partial charge in [-0.1, -0.05) is 164 Å². The third kappa shape index (κ3) is 25.5. The molecule has 0 bridgehead atoms. The summed E-state index contributed by atoms with van der Waals surface area (Å²) in [6.45, 7) is 50.1. The van der Waals surface area contributed by atoms with Crippen molar-refractivity contribution in [2.75, 3.05) is 0 Å². The molecule has 0 N–H and O–H groups in total. The van der Waals surface area contributed by atoms with Gasteiger partial charge < -0.3 is 0 Å². The third-order valence-electron chi connectivity index (χ3n) is 6.00. The first-order valence-corrected chi connectivity index (χ1v) is 24.3. The van der Waals surface area contributed by atoms with Gasteiger partial charge in [-0.25, -0.2) is 0 Å². The second-order valence-corrected chi connectivity index (χ2v) is 33.1.